The molecule has 1 aromatic carbocycles. The van der Waals surface area contributed by atoms with Gasteiger partial charge in [-0.3, -0.25) is 9.69 Å². The molecule has 2 rings (SSSR count). The summed E-state index contributed by atoms with van der Waals surface area (Å²) in [5, 5.41) is 17.7. The summed E-state index contributed by atoms with van der Waals surface area (Å²) in [4.78, 5) is 32.2. The Morgan fingerprint density at radius 2 is 1.64 bits per heavy atom. The first-order valence-corrected chi connectivity index (χ1v) is 6.94. The van der Waals surface area contributed by atoms with E-state index in [0.29, 0.717) is 6.54 Å². The number of hydrogen-bond acceptors (Lipinski definition) is 4. The number of carbonyl (C=O) groups is 3. The van der Waals surface area contributed by atoms with Crippen LogP contribution in [0.5, 0.6) is 0 Å². The van der Waals surface area contributed by atoms with Crippen molar-refractivity contribution >= 4 is 23.5 Å². The molecule has 120 valence electrons. The average molecular weight is 308 g/mol. The third kappa shape index (κ3) is 6.36. The first kappa shape index (κ1) is 17.6. The third-order valence-corrected chi connectivity index (χ3v) is 3.17. The summed E-state index contributed by atoms with van der Waals surface area (Å²) in [6, 6.07) is 7.87. The van der Waals surface area contributed by atoms with Gasteiger partial charge >= 0.3 is 11.9 Å². The average Bonchev–Trinajstić information content (AvgIpc) is 2.94. The van der Waals surface area contributed by atoms with Gasteiger partial charge < -0.3 is 15.5 Å². The Morgan fingerprint density at radius 3 is 2.14 bits per heavy atom. The molecular formula is C15H20N2O5. The minimum absolute atomic E-state index is 0.0937. The summed E-state index contributed by atoms with van der Waals surface area (Å²) >= 11 is 0. The highest BCUT2D eigenvalue weighted by Crippen LogP contribution is 2.13. The van der Waals surface area contributed by atoms with Gasteiger partial charge in [-0.15, -0.1) is 0 Å². The highest BCUT2D eigenvalue weighted by Gasteiger charge is 2.15. The van der Waals surface area contributed by atoms with Gasteiger partial charge in [-0.2, -0.15) is 0 Å². The summed E-state index contributed by atoms with van der Waals surface area (Å²) in [7, 11) is 0. The number of carboxylic acids is 2. The standard InChI is InChI=1S/C13H18N2O.C2H2O4/c1-11-6-2-3-7-12(11)14-13(16)10-15-8-4-5-9-15;3-1(4)2(5)6/h2-3,6-7H,4-5,8-10H2,1H3,(H,14,16);(H,3,4)(H,5,6). The second-order valence-electron chi connectivity index (χ2n) is 4.96. The smallest absolute Gasteiger partial charge is 0.414 e. The van der Waals surface area contributed by atoms with Gasteiger partial charge in [0.1, 0.15) is 0 Å². The number of aliphatic carboxylic acids is 2. The van der Waals surface area contributed by atoms with Crippen molar-refractivity contribution in [3.63, 3.8) is 0 Å². The van der Waals surface area contributed by atoms with Crippen LogP contribution in [0.2, 0.25) is 0 Å². The summed E-state index contributed by atoms with van der Waals surface area (Å²) in [5.74, 6) is -3.55. The molecule has 0 atom stereocenters. The Morgan fingerprint density at radius 1 is 1.09 bits per heavy atom. The van der Waals surface area contributed by atoms with Gasteiger partial charge in [0.25, 0.3) is 0 Å². The maximum atomic E-state index is 11.8. The van der Waals surface area contributed by atoms with Crippen molar-refractivity contribution in [2.24, 2.45) is 0 Å². The lowest BCUT2D eigenvalue weighted by molar-refractivity contribution is -0.159. The Bertz CT molecular complexity index is 526. The van der Waals surface area contributed by atoms with Crippen molar-refractivity contribution in [2.45, 2.75) is 19.8 Å². The molecule has 1 saturated heterocycles. The maximum absolute atomic E-state index is 11.8. The van der Waals surface area contributed by atoms with Gasteiger partial charge in [0, 0.05) is 5.69 Å². The molecule has 0 aromatic heterocycles. The lowest BCUT2D eigenvalue weighted by Crippen LogP contribution is -2.31. The van der Waals surface area contributed by atoms with Gasteiger partial charge in [-0.1, -0.05) is 18.2 Å². The van der Waals surface area contributed by atoms with Crippen LogP contribution in [0.3, 0.4) is 0 Å². The van der Waals surface area contributed by atoms with Crippen molar-refractivity contribution in [2.75, 3.05) is 25.0 Å². The molecule has 0 bridgehead atoms. The van der Waals surface area contributed by atoms with Gasteiger partial charge in [0.2, 0.25) is 5.91 Å². The van der Waals surface area contributed by atoms with E-state index in [-0.39, 0.29) is 5.91 Å². The monoisotopic (exact) mass is 308 g/mol. The minimum Gasteiger partial charge on any atom is -0.473 e. The van der Waals surface area contributed by atoms with Crippen LogP contribution in [0, 0.1) is 6.92 Å². The first-order valence-electron chi connectivity index (χ1n) is 6.94. The van der Waals surface area contributed by atoms with Crippen LogP contribution in [0.4, 0.5) is 5.69 Å². The van der Waals surface area contributed by atoms with Gasteiger partial charge in [0.15, 0.2) is 0 Å². The molecule has 1 aliphatic rings. The maximum Gasteiger partial charge on any atom is 0.414 e. The molecule has 1 aliphatic heterocycles. The van der Waals surface area contributed by atoms with Gasteiger partial charge in [-0.05, 0) is 44.5 Å². The molecule has 22 heavy (non-hydrogen) atoms. The molecule has 1 aromatic rings. The van der Waals surface area contributed by atoms with Crippen LogP contribution in [0.1, 0.15) is 18.4 Å². The van der Waals surface area contributed by atoms with E-state index in [1.54, 1.807) is 0 Å². The number of para-hydroxylation sites is 1. The molecule has 7 heteroatoms. The molecule has 0 aliphatic carbocycles. The summed E-state index contributed by atoms with van der Waals surface area (Å²) in [5.41, 5.74) is 2.03. The fourth-order valence-corrected chi connectivity index (χ4v) is 2.05. The highest BCUT2D eigenvalue weighted by atomic mass is 16.4. The number of hydrogen-bond donors (Lipinski definition) is 3. The molecule has 0 radical (unpaired) electrons. The topological polar surface area (TPSA) is 107 Å². The predicted octanol–water partition coefficient (Wildman–Crippen LogP) is 1.18. The highest BCUT2D eigenvalue weighted by molar-refractivity contribution is 6.27. The molecule has 0 unspecified atom stereocenters. The second-order valence-corrected chi connectivity index (χ2v) is 4.96. The van der Waals surface area contributed by atoms with E-state index in [1.807, 2.05) is 31.2 Å². The lowest BCUT2D eigenvalue weighted by Gasteiger charge is -2.14. The SMILES string of the molecule is Cc1ccccc1NC(=O)CN1CCCC1.O=C(O)C(=O)O. The van der Waals surface area contributed by atoms with E-state index in [9.17, 15) is 4.79 Å². The largest absolute Gasteiger partial charge is 0.473 e. The number of anilines is 1. The first-order chi connectivity index (χ1) is 10.4. The number of rotatable bonds is 3. The third-order valence-electron chi connectivity index (χ3n) is 3.17. The van der Waals surface area contributed by atoms with E-state index < -0.39 is 11.9 Å². The van der Waals surface area contributed by atoms with Crippen LogP contribution in [-0.4, -0.2) is 52.6 Å². The van der Waals surface area contributed by atoms with Crippen LogP contribution in [-0.2, 0) is 14.4 Å². The number of carbonyl (C=O) groups excluding carboxylic acids is 1. The van der Waals surface area contributed by atoms with Crippen LogP contribution >= 0.6 is 0 Å². The molecule has 7 nitrogen and oxygen atoms in total. The normalized spacial score (nSPS) is 13.9. The van der Waals surface area contributed by atoms with E-state index in [0.717, 1.165) is 24.3 Å². The zero-order valence-electron chi connectivity index (χ0n) is 12.4. The lowest BCUT2D eigenvalue weighted by atomic mass is 10.2. The van der Waals surface area contributed by atoms with E-state index in [2.05, 4.69) is 10.2 Å². The Kier molecular flexibility index (Phi) is 7.04. The second kappa shape index (κ2) is 8.78. The Labute approximate surface area is 128 Å². The van der Waals surface area contributed by atoms with Gasteiger partial charge in [0.05, 0.1) is 6.54 Å². The Balaban J connectivity index is 0.000000346. The van der Waals surface area contributed by atoms with Crippen LogP contribution < -0.4 is 5.32 Å². The number of nitrogens with zero attached hydrogens (tertiary/aromatic N) is 1. The summed E-state index contributed by atoms with van der Waals surface area (Å²) in [6.07, 6.45) is 2.44. The van der Waals surface area contributed by atoms with E-state index in [4.69, 9.17) is 19.8 Å². The van der Waals surface area contributed by atoms with E-state index >= 15 is 0 Å². The van der Waals surface area contributed by atoms with Crippen LogP contribution in [0.25, 0.3) is 0 Å². The van der Waals surface area contributed by atoms with Crippen molar-refractivity contribution in [3.05, 3.63) is 29.8 Å². The van der Waals surface area contributed by atoms with Crippen molar-refractivity contribution in [1.29, 1.82) is 0 Å². The summed E-state index contributed by atoms with van der Waals surface area (Å²) in [6.45, 7) is 4.64. The quantitative estimate of drug-likeness (QED) is 0.724. The zero-order chi connectivity index (χ0) is 16.5. The summed E-state index contributed by atoms with van der Waals surface area (Å²) < 4.78 is 0. The van der Waals surface area contributed by atoms with Crippen molar-refractivity contribution in [1.82, 2.24) is 4.90 Å². The number of amides is 1. The molecule has 1 amide bonds. The van der Waals surface area contributed by atoms with Crippen molar-refractivity contribution < 1.29 is 24.6 Å². The minimum atomic E-state index is -1.82. The van der Waals surface area contributed by atoms with E-state index in [1.165, 1.54) is 12.8 Å². The number of benzene rings is 1. The number of carboxylic acid groups (broad SMARTS) is 2. The Hall–Kier alpha value is -2.41. The molecular weight excluding hydrogens is 288 g/mol. The molecule has 0 spiro atoms. The molecule has 0 saturated carbocycles. The number of nitrogens with one attached hydrogen (secondary N) is 1. The molecule has 1 fully saturated rings. The van der Waals surface area contributed by atoms with Crippen molar-refractivity contribution in [3.8, 4) is 0 Å². The number of likely N-dealkylation sites (tertiary alicyclic amines) is 1. The molecule has 3 N–H and O–H groups in total. The predicted molar refractivity (Wildman–Crippen MR) is 80.8 cm³/mol. The van der Waals surface area contributed by atoms with Gasteiger partial charge in [-0.25, -0.2) is 9.59 Å². The number of aryl methyl sites for hydroxylation is 1. The molecule has 1 heterocycles. The van der Waals surface area contributed by atoms with Crippen LogP contribution in [0.15, 0.2) is 24.3 Å². The fourth-order valence-electron chi connectivity index (χ4n) is 2.05. The zero-order valence-corrected chi connectivity index (χ0v) is 12.4. The fraction of sp³-hybridized carbons (Fsp3) is 0.400.